The maximum atomic E-state index is 12.9. The Hall–Kier alpha value is -0.520. The number of aliphatic hydroxyl groups excluding tert-OH is 1. The third kappa shape index (κ3) is 3.73. The Morgan fingerprint density at radius 1 is 1.39 bits per heavy atom. The molecule has 2 aliphatic heterocycles. The molecule has 0 saturated carbocycles. The van der Waals surface area contributed by atoms with Crippen LogP contribution in [0, 0.1) is 0 Å². The van der Waals surface area contributed by atoms with Crippen LogP contribution in [0.3, 0.4) is 0 Å². The lowest BCUT2D eigenvalue weighted by Gasteiger charge is -2.28. The van der Waals surface area contributed by atoms with Crippen molar-refractivity contribution in [1.29, 1.82) is 0 Å². The van der Waals surface area contributed by atoms with E-state index in [1.165, 1.54) is 0 Å². The van der Waals surface area contributed by atoms with Crippen molar-refractivity contribution >= 4 is 11.3 Å². The molecule has 1 N–H and O–H groups in total. The van der Waals surface area contributed by atoms with Gasteiger partial charge in [0.25, 0.3) is 0 Å². The summed E-state index contributed by atoms with van der Waals surface area (Å²) < 4.78 is 22.4. The summed E-state index contributed by atoms with van der Waals surface area (Å²) in [5.74, 6) is 0. The molecule has 0 bridgehead atoms. The van der Waals surface area contributed by atoms with Gasteiger partial charge in [-0.15, -0.1) is 0 Å². The quantitative estimate of drug-likeness (QED) is 0.853. The maximum Gasteiger partial charge on any atom is 0.115 e. The fourth-order valence-corrected chi connectivity index (χ4v) is 3.15. The lowest BCUT2D eigenvalue weighted by atomic mass is 9.95. The van der Waals surface area contributed by atoms with E-state index in [2.05, 4.69) is 4.90 Å². The first-order valence-corrected chi connectivity index (χ1v) is 7.06. The van der Waals surface area contributed by atoms with Crippen molar-refractivity contribution in [3.05, 3.63) is 22.9 Å². The molecule has 2 unspecified atom stereocenters. The number of nitrogens with zero attached hydrogens (tertiary/aromatic N) is 1. The number of fused-ring (bicyclic) bond motifs is 1. The Morgan fingerprint density at radius 3 is 2.50 bits per heavy atom. The third-order valence-corrected chi connectivity index (χ3v) is 4.11. The number of thiophene rings is 1. The summed E-state index contributed by atoms with van der Waals surface area (Å²) in [6.45, 7) is 1.65. The molecule has 5 heteroatoms. The molecule has 0 amide bonds. The Labute approximate surface area is 111 Å². The number of rotatable bonds is 1. The number of aliphatic hydroxyl groups is 1. The first kappa shape index (κ1) is 15.5. The zero-order valence-corrected chi connectivity index (χ0v) is 11.5. The second-order valence-electron chi connectivity index (χ2n) is 4.53. The van der Waals surface area contributed by atoms with Crippen LogP contribution in [0.15, 0.2) is 22.9 Å². The Balaban J connectivity index is 0.000000195. The van der Waals surface area contributed by atoms with Gasteiger partial charge in [-0.05, 0) is 30.1 Å². The summed E-state index contributed by atoms with van der Waals surface area (Å²) in [5.41, 5.74) is -0.167. The van der Waals surface area contributed by atoms with Gasteiger partial charge in [-0.3, -0.25) is 9.29 Å². The molecule has 0 spiro atoms. The van der Waals surface area contributed by atoms with Gasteiger partial charge in [0.1, 0.15) is 6.17 Å². The van der Waals surface area contributed by atoms with Crippen molar-refractivity contribution in [2.75, 3.05) is 26.9 Å². The van der Waals surface area contributed by atoms with Crippen molar-refractivity contribution < 1.29 is 13.9 Å². The van der Waals surface area contributed by atoms with Gasteiger partial charge in [0.05, 0.1) is 13.8 Å². The van der Waals surface area contributed by atoms with Gasteiger partial charge in [-0.1, -0.05) is 12.1 Å². The normalized spacial score (nSPS) is 29.9. The van der Waals surface area contributed by atoms with E-state index in [1.54, 1.807) is 11.3 Å². The predicted molar refractivity (Wildman–Crippen MR) is 71.5 cm³/mol. The minimum atomic E-state index is -0.706. The van der Waals surface area contributed by atoms with Crippen molar-refractivity contribution in [1.82, 2.24) is 4.90 Å². The molecule has 0 radical (unpaired) electrons. The summed E-state index contributed by atoms with van der Waals surface area (Å²) in [6, 6.07) is 4.04. The standard InChI is InChI=1S/C8H14FNO.C4H4S.CH3F/c9-7-4-8(6-11)2-1-3-10(8)5-7;1-2-4-5-3-1;1-2/h7,11H,1-6H2;1-4H;1H3. The van der Waals surface area contributed by atoms with Crippen LogP contribution >= 0.6 is 11.3 Å². The first-order valence-electron chi connectivity index (χ1n) is 6.12. The van der Waals surface area contributed by atoms with Gasteiger partial charge in [-0.2, -0.15) is 11.3 Å². The average Bonchev–Trinajstić information content (AvgIpc) is 3.07. The fraction of sp³-hybridized carbons (Fsp3) is 0.692. The summed E-state index contributed by atoms with van der Waals surface area (Å²) in [7, 11) is 0.500. The van der Waals surface area contributed by atoms with Crippen LogP contribution < -0.4 is 0 Å². The van der Waals surface area contributed by atoms with Crippen LogP contribution in [0.4, 0.5) is 8.78 Å². The van der Waals surface area contributed by atoms with Gasteiger partial charge in [-0.25, -0.2) is 4.39 Å². The van der Waals surface area contributed by atoms with E-state index in [4.69, 9.17) is 5.11 Å². The van der Waals surface area contributed by atoms with E-state index < -0.39 is 6.17 Å². The smallest absolute Gasteiger partial charge is 0.115 e. The molecule has 2 nitrogen and oxygen atoms in total. The molecular weight excluding hydrogens is 256 g/mol. The van der Waals surface area contributed by atoms with E-state index in [1.807, 2.05) is 22.9 Å². The number of halogens is 2. The molecule has 2 fully saturated rings. The molecule has 0 aromatic carbocycles. The second-order valence-corrected chi connectivity index (χ2v) is 5.34. The van der Waals surface area contributed by atoms with Crippen molar-refractivity contribution in [2.45, 2.75) is 31.0 Å². The highest BCUT2D eigenvalue weighted by Gasteiger charge is 2.47. The summed E-state index contributed by atoms with van der Waals surface area (Å²) in [4.78, 5) is 2.11. The van der Waals surface area contributed by atoms with E-state index in [0.29, 0.717) is 20.1 Å². The third-order valence-electron chi connectivity index (χ3n) is 3.48. The largest absolute Gasteiger partial charge is 0.394 e. The van der Waals surface area contributed by atoms with Crippen LogP contribution in [0.5, 0.6) is 0 Å². The Bertz CT molecular complexity index is 293. The zero-order valence-electron chi connectivity index (χ0n) is 10.7. The Morgan fingerprint density at radius 2 is 2.06 bits per heavy atom. The second kappa shape index (κ2) is 7.81. The number of hydrogen-bond donors (Lipinski definition) is 1. The van der Waals surface area contributed by atoms with Crippen LogP contribution in [0.1, 0.15) is 19.3 Å². The SMILES string of the molecule is CF.OCC12CCCN1CC(F)C2.c1ccsc1. The molecule has 2 atom stereocenters. The highest BCUT2D eigenvalue weighted by atomic mass is 32.1. The molecule has 2 aliphatic rings. The van der Waals surface area contributed by atoms with Crippen LogP contribution in [0.25, 0.3) is 0 Å². The predicted octanol–water partition coefficient (Wildman–Crippen LogP) is 2.89. The van der Waals surface area contributed by atoms with Gasteiger partial charge in [0, 0.05) is 18.5 Å². The van der Waals surface area contributed by atoms with Crippen molar-refractivity contribution in [3.63, 3.8) is 0 Å². The molecule has 104 valence electrons. The molecule has 1 aromatic heterocycles. The lowest BCUT2D eigenvalue weighted by Crippen LogP contribution is -2.41. The highest BCUT2D eigenvalue weighted by Crippen LogP contribution is 2.39. The van der Waals surface area contributed by atoms with Gasteiger partial charge in [0.2, 0.25) is 0 Å². The van der Waals surface area contributed by atoms with E-state index in [-0.39, 0.29) is 12.1 Å². The minimum Gasteiger partial charge on any atom is -0.394 e. The van der Waals surface area contributed by atoms with Gasteiger partial charge < -0.3 is 5.11 Å². The van der Waals surface area contributed by atoms with Crippen molar-refractivity contribution in [3.8, 4) is 0 Å². The molecule has 3 rings (SSSR count). The first-order chi connectivity index (χ1) is 8.77. The lowest BCUT2D eigenvalue weighted by molar-refractivity contribution is 0.0996. The minimum absolute atomic E-state index is 0.132. The van der Waals surface area contributed by atoms with Crippen LogP contribution in [-0.2, 0) is 0 Å². The summed E-state index contributed by atoms with van der Waals surface area (Å²) in [5, 5.41) is 13.2. The van der Waals surface area contributed by atoms with Gasteiger partial charge in [0.15, 0.2) is 0 Å². The molecule has 0 aliphatic carbocycles. The average molecular weight is 277 g/mol. The van der Waals surface area contributed by atoms with Crippen LogP contribution in [0.2, 0.25) is 0 Å². The van der Waals surface area contributed by atoms with E-state index in [0.717, 1.165) is 19.4 Å². The highest BCUT2D eigenvalue weighted by molar-refractivity contribution is 7.07. The monoisotopic (exact) mass is 277 g/mol. The molecule has 3 heterocycles. The van der Waals surface area contributed by atoms with Gasteiger partial charge >= 0.3 is 0 Å². The maximum absolute atomic E-state index is 12.9. The molecule has 1 aromatic rings. The number of alkyl halides is 2. The molecule has 2 saturated heterocycles. The van der Waals surface area contributed by atoms with E-state index >= 15 is 0 Å². The molecular formula is C13H21F2NOS. The zero-order chi connectivity index (χ0) is 13.4. The molecule has 18 heavy (non-hydrogen) atoms. The van der Waals surface area contributed by atoms with Crippen molar-refractivity contribution in [2.24, 2.45) is 0 Å². The fourth-order valence-electron chi connectivity index (χ4n) is 2.70. The summed E-state index contributed by atoms with van der Waals surface area (Å²) in [6.07, 6.45) is 1.93. The van der Waals surface area contributed by atoms with Crippen LogP contribution in [-0.4, -0.2) is 48.6 Å². The Kier molecular flexibility index (Phi) is 6.75. The topological polar surface area (TPSA) is 23.5 Å². The number of hydrogen-bond acceptors (Lipinski definition) is 3. The van der Waals surface area contributed by atoms with E-state index in [9.17, 15) is 8.78 Å². The summed E-state index contributed by atoms with van der Waals surface area (Å²) >= 11 is 1.71.